The van der Waals surface area contributed by atoms with E-state index in [1.807, 2.05) is 62.4 Å². The zero-order chi connectivity index (χ0) is 28.2. The van der Waals surface area contributed by atoms with Crippen molar-refractivity contribution in [3.63, 3.8) is 0 Å². The molecule has 0 amide bonds. The molecule has 0 saturated carbocycles. The third-order valence-corrected chi connectivity index (χ3v) is 6.59. The summed E-state index contributed by atoms with van der Waals surface area (Å²) >= 11 is 0. The number of aryl methyl sites for hydroxylation is 1. The predicted molar refractivity (Wildman–Crippen MR) is 157 cm³/mol. The van der Waals surface area contributed by atoms with Crippen molar-refractivity contribution in [1.82, 2.24) is 24.4 Å². The molecule has 5 rings (SSSR count). The van der Waals surface area contributed by atoms with E-state index in [2.05, 4.69) is 43.4 Å². The van der Waals surface area contributed by atoms with E-state index in [9.17, 15) is 10.1 Å². The van der Waals surface area contributed by atoms with Gasteiger partial charge in [0.05, 0.1) is 29.0 Å². The maximum Gasteiger partial charge on any atom is 0.294 e. The molecule has 0 unspecified atom stereocenters. The quantitative estimate of drug-likeness (QED) is 0.179. The summed E-state index contributed by atoms with van der Waals surface area (Å²) in [6.07, 6.45) is 1.43. The molecule has 0 radical (unpaired) electrons. The molecule has 0 aliphatic rings. The second-order valence-corrected chi connectivity index (χ2v) is 9.48. The van der Waals surface area contributed by atoms with E-state index in [0.29, 0.717) is 36.0 Å². The highest BCUT2D eigenvalue weighted by Gasteiger charge is 2.22. The van der Waals surface area contributed by atoms with Gasteiger partial charge in [-0.05, 0) is 25.7 Å². The molecule has 2 aromatic heterocycles. The molecule has 0 fully saturated rings. The fourth-order valence-electron chi connectivity index (χ4n) is 4.69. The van der Waals surface area contributed by atoms with Crippen molar-refractivity contribution in [2.75, 3.05) is 44.9 Å². The van der Waals surface area contributed by atoms with Crippen molar-refractivity contribution in [3.05, 3.63) is 83.2 Å². The molecule has 5 aromatic rings. The summed E-state index contributed by atoms with van der Waals surface area (Å²) in [7, 11) is 7.41. The number of nitrogens with zero attached hydrogens (tertiary/aromatic N) is 6. The number of para-hydroxylation sites is 1. The molecule has 0 atom stereocenters. The number of hydrogen-bond donors (Lipinski definition) is 2. The predicted octanol–water partition coefficient (Wildman–Crippen LogP) is 5.33. The largest absolute Gasteiger partial charge is 0.494 e. The van der Waals surface area contributed by atoms with Gasteiger partial charge in [0.25, 0.3) is 5.69 Å². The number of ether oxygens (including phenoxy) is 1. The van der Waals surface area contributed by atoms with Crippen LogP contribution in [-0.2, 0) is 7.05 Å². The molecule has 204 valence electrons. The highest BCUT2D eigenvalue weighted by atomic mass is 16.6. The zero-order valence-corrected chi connectivity index (χ0v) is 22.8. The van der Waals surface area contributed by atoms with Crippen LogP contribution in [0.5, 0.6) is 5.75 Å². The molecule has 11 heteroatoms. The van der Waals surface area contributed by atoms with Crippen LogP contribution >= 0.6 is 0 Å². The van der Waals surface area contributed by atoms with Crippen LogP contribution in [0.4, 0.5) is 23.0 Å². The highest BCUT2D eigenvalue weighted by Crippen LogP contribution is 2.40. The average Bonchev–Trinajstić information content (AvgIpc) is 3.26. The number of likely N-dealkylation sites (N-methyl/N-ethyl adjacent to an activating group) is 1. The van der Waals surface area contributed by atoms with Crippen LogP contribution in [0.2, 0.25) is 0 Å². The van der Waals surface area contributed by atoms with Gasteiger partial charge in [-0.25, -0.2) is 9.97 Å². The molecule has 40 heavy (non-hydrogen) atoms. The lowest BCUT2D eigenvalue weighted by Gasteiger charge is -2.15. The molecular formula is C29H30N8O3. The summed E-state index contributed by atoms with van der Waals surface area (Å²) < 4.78 is 7.69. The number of hydrogen-bond acceptors (Lipinski definition) is 9. The van der Waals surface area contributed by atoms with E-state index >= 15 is 0 Å². The Morgan fingerprint density at radius 1 is 1.02 bits per heavy atom. The van der Waals surface area contributed by atoms with Crippen molar-refractivity contribution in [1.29, 1.82) is 0 Å². The first-order chi connectivity index (χ1) is 19.4. The van der Waals surface area contributed by atoms with Gasteiger partial charge in [-0.3, -0.25) is 10.1 Å². The van der Waals surface area contributed by atoms with E-state index < -0.39 is 4.92 Å². The van der Waals surface area contributed by atoms with Gasteiger partial charge in [-0.1, -0.05) is 48.5 Å². The summed E-state index contributed by atoms with van der Waals surface area (Å²) in [5, 5.41) is 19.1. The molecule has 0 aliphatic heterocycles. The molecule has 2 N–H and O–H groups in total. The average molecular weight is 539 g/mol. The van der Waals surface area contributed by atoms with E-state index in [0.717, 1.165) is 27.7 Å². The second kappa shape index (κ2) is 11.4. The first-order valence-electron chi connectivity index (χ1n) is 12.7. The number of anilines is 3. The minimum Gasteiger partial charge on any atom is -0.494 e. The molecule has 3 aromatic carbocycles. The number of fused-ring (bicyclic) bond motifs is 1. The molecular weight excluding hydrogens is 508 g/mol. The third-order valence-electron chi connectivity index (χ3n) is 6.59. The summed E-state index contributed by atoms with van der Waals surface area (Å²) in [6, 6.07) is 21.2. The second-order valence-electron chi connectivity index (χ2n) is 9.48. The van der Waals surface area contributed by atoms with Crippen molar-refractivity contribution < 1.29 is 9.66 Å². The fraction of sp³-hybridized carbons (Fsp3) is 0.207. The molecule has 11 nitrogen and oxygen atoms in total. The van der Waals surface area contributed by atoms with Crippen LogP contribution in [0, 0.1) is 10.1 Å². The monoisotopic (exact) mass is 538 g/mol. The number of nitro groups is 1. The molecule has 0 saturated heterocycles. The normalized spacial score (nSPS) is 11.1. The van der Waals surface area contributed by atoms with Crippen LogP contribution in [0.25, 0.3) is 33.5 Å². The number of benzene rings is 3. The topological polar surface area (TPSA) is 123 Å². The smallest absolute Gasteiger partial charge is 0.294 e. The first-order valence-corrected chi connectivity index (χ1v) is 12.7. The Labute approximate surface area is 231 Å². The van der Waals surface area contributed by atoms with Gasteiger partial charge in [0.15, 0.2) is 5.82 Å². The minimum atomic E-state index is -0.427. The Hall–Kier alpha value is -5.03. The van der Waals surface area contributed by atoms with E-state index in [4.69, 9.17) is 9.72 Å². The lowest BCUT2D eigenvalue weighted by molar-refractivity contribution is -0.383. The molecule has 0 spiro atoms. The van der Waals surface area contributed by atoms with Gasteiger partial charge in [0.1, 0.15) is 17.8 Å². The number of nitro benzene ring substituents is 1. The highest BCUT2D eigenvalue weighted by molar-refractivity contribution is 6.03. The van der Waals surface area contributed by atoms with E-state index in [-0.39, 0.29) is 11.6 Å². The van der Waals surface area contributed by atoms with Crippen LogP contribution in [-0.4, -0.2) is 63.6 Å². The summed E-state index contributed by atoms with van der Waals surface area (Å²) in [4.78, 5) is 27.0. The van der Waals surface area contributed by atoms with Crippen molar-refractivity contribution in [2.45, 2.75) is 0 Å². The van der Waals surface area contributed by atoms with Crippen LogP contribution < -0.4 is 15.4 Å². The van der Waals surface area contributed by atoms with Crippen molar-refractivity contribution in [3.8, 4) is 28.4 Å². The minimum absolute atomic E-state index is 0.0863. The lowest BCUT2D eigenvalue weighted by Crippen LogP contribution is -2.21. The van der Waals surface area contributed by atoms with Crippen LogP contribution in [0.15, 0.2) is 73.1 Å². The summed E-state index contributed by atoms with van der Waals surface area (Å²) in [5.41, 5.74) is 4.56. The van der Waals surface area contributed by atoms with Gasteiger partial charge >= 0.3 is 0 Å². The van der Waals surface area contributed by atoms with Crippen molar-refractivity contribution >= 4 is 33.9 Å². The SMILES string of the molecule is COc1cc(NCCN(C)C)c([N+](=O)[O-])cc1Nc1ncnc(-c2c(-c3ccccc3)n(C)c3ccccc23)n1. The van der Waals surface area contributed by atoms with E-state index in [1.54, 1.807) is 6.07 Å². The Morgan fingerprint density at radius 2 is 1.77 bits per heavy atom. The fourth-order valence-corrected chi connectivity index (χ4v) is 4.69. The molecule has 0 aliphatic carbocycles. The van der Waals surface area contributed by atoms with E-state index in [1.165, 1.54) is 19.5 Å². The molecule has 0 bridgehead atoms. The Balaban J connectivity index is 1.56. The Morgan fingerprint density at radius 3 is 2.50 bits per heavy atom. The third kappa shape index (κ3) is 5.27. The lowest BCUT2D eigenvalue weighted by atomic mass is 10.0. The Kier molecular flexibility index (Phi) is 7.56. The van der Waals surface area contributed by atoms with Crippen LogP contribution in [0.1, 0.15) is 0 Å². The number of rotatable bonds is 10. The Bertz CT molecular complexity index is 1670. The van der Waals surface area contributed by atoms with Gasteiger partial charge < -0.3 is 24.8 Å². The maximum atomic E-state index is 11.9. The standard InChI is InChI=1S/C29H30N8O3/c1-35(2)15-14-30-21-17-25(40-4)22(16-24(21)37(38)39)33-29-32-18-31-28(34-29)26-20-12-8-9-13-23(20)36(3)27(26)19-10-6-5-7-11-19/h5-13,16-18,30H,14-15H2,1-4H3,(H,31,32,33,34). The number of nitrogens with one attached hydrogen (secondary N) is 2. The maximum absolute atomic E-state index is 11.9. The van der Waals surface area contributed by atoms with Crippen LogP contribution in [0.3, 0.4) is 0 Å². The number of methoxy groups -OCH3 is 1. The van der Waals surface area contributed by atoms with Gasteiger partial charge in [-0.15, -0.1) is 0 Å². The zero-order valence-electron chi connectivity index (χ0n) is 22.8. The summed E-state index contributed by atoms with van der Waals surface area (Å²) in [5.74, 6) is 1.12. The number of aromatic nitrogens is 4. The van der Waals surface area contributed by atoms with Gasteiger partial charge in [0, 0.05) is 43.2 Å². The van der Waals surface area contributed by atoms with Gasteiger partial charge in [-0.2, -0.15) is 4.98 Å². The van der Waals surface area contributed by atoms with Gasteiger partial charge in [0.2, 0.25) is 5.95 Å². The van der Waals surface area contributed by atoms with Crippen molar-refractivity contribution in [2.24, 2.45) is 7.05 Å². The first kappa shape index (κ1) is 26.6. The molecule has 2 heterocycles. The summed E-state index contributed by atoms with van der Waals surface area (Å²) in [6.45, 7) is 1.25.